The number of amides is 2. The van der Waals surface area contributed by atoms with Crippen LogP contribution in [0.25, 0.3) is 0 Å². The van der Waals surface area contributed by atoms with Crippen molar-refractivity contribution in [3.63, 3.8) is 0 Å². The van der Waals surface area contributed by atoms with Crippen LogP contribution in [0.15, 0.2) is 24.3 Å². The van der Waals surface area contributed by atoms with Gasteiger partial charge in [0.1, 0.15) is 0 Å². The molecule has 8 nitrogen and oxygen atoms in total. The minimum absolute atomic E-state index is 0.0329. The number of ether oxygens (including phenoxy) is 1. The van der Waals surface area contributed by atoms with E-state index in [9.17, 15) is 22.8 Å². The molecule has 3 atom stereocenters. The SMILES string of the molecule is COC(=O)c1ccc(NC(=O)C2CC2C(=O)NC2CCS(=O)(=O)C2)cc1. The van der Waals surface area contributed by atoms with Crippen molar-refractivity contribution in [2.24, 2.45) is 11.8 Å². The van der Waals surface area contributed by atoms with E-state index in [1.165, 1.54) is 7.11 Å². The predicted molar refractivity (Wildman–Crippen MR) is 93.2 cm³/mol. The van der Waals surface area contributed by atoms with E-state index in [1.54, 1.807) is 24.3 Å². The van der Waals surface area contributed by atoms with Crippen LogP contribution in [0, 0.1) is 11.8 Å². The van der Waals surface area contributed by atoms with E-state index >= 15 is 0 Å². The average Bonchev–Trinajstić information content (AvgIpc) is 3.34. The Morgan fingerprint density at radius 3 is 2.31 bits per heavy atom. The maximum absolute atomic E-state index is 12.2. The van der Waals surface area contributed by atoms with Crippen molar-refractivity contribution in [2.75, 3.05) is 23.9 Å². The number of rotatable bonds is 5. The lowest BCUT2D eigenvalue weighted by molar-refractivity contribution is -0.125. The summed E-state index contributed by atoms with van der Waals surface area (Å²) in [5, 5.41) is 5.43. The van der Waals surface area contributed by atoms with Gasteiger partial charge in [-0.2, -0.15) is 0 Å². The maximum atomic E-state index is 12.2. The van der Waals surface area contributed by atoms with E-state index in [-0.39, 0.29) is 29.4 Å². The summed E-state index contributed by atoms with van der Waals surface area (Å²) in [5.41, 5.74) is 0.899. The van der Waals surface area contributed by atoms with Gasteiger partial charge in [-0.3, -0.25) is 9.59 Å². The lowest BCUT2D eigenvalue weighted by Crippen LogP contribution is -2.37. The van der Waals surface area contributed by atoms with Gasteiger partial charge < -0.3 is 15.4 Å². The molecule has 140 valence electrons. The van der Waals surface area contributed by atoms with E-state index in [4.69, 9.17) is 0 Å². The molecule has 1 aliphatic carbocycles. The van der Waals surface area contributed by atoms with Gasteiger partial charge in [-0.05, 0) is 37.1 Å². The highest BCUT2D eigenvalue weighted by Gasteiger charge is 2.48. The number of benzene rings is 1. The summed E-state index contributed by atoms with van der Waals surface area (Å²) >= 11 is 0. The fraction of sp³-hybridized carbons (Fsp3) is 0.471. The van der Waals surface area contributed by atoms with Gasteiger partial charge in [0.2, 0.25) is 11.8 Å². The number of sulfone groups is 1. The number of methoxy groups -OCH3 is 1. The van der Waals surface area contributed by atoms with Gasteiger partial charge in [0.15, 0.2) is 9.84 Å². The first-order valence-electron chi connectivity index (χ1n) is 8.29. The van der Waals surface area contributed by atoms with Crippen molar-refractivity contribution < 1.29 is 27.5 Å². The predicted octanol–water partition coefficient (Wildman–Crippen LogP) is 0.351. The number of nitrogens with one attached hydrogen (secondary N) is 2. The Bertz CT molecular complexity index is 833. The van der Waals surface area contributed by atoms with Gasteiger partial charge in [0.05, 0.1) is 36.0 Å². The molecule has 2 aliphatic rings. The molecule has 1 saturated heterocycles. The van der Waals surface area contributed by atoms with Gasteiger partial charge in [-0.15, -0.1) is 0 Å². The average molecular weight is 380 g/mol. The summed E-state index contributed by atoms with van der Waals surface area (Å²) in [6.07, 6.45) is 0.863. The summed E-state index contributed by atoms with van der Waals surface area (Å²) < 4.78 is 27.5. The number of carbonyl (C=O) groups is 3. The molecule has 26 heavy (non-hydrogen) atoms. The van der Waals surface area contributed by atoms with Crippen molar-refractivity contribution in [1.82, 2.24) is 5.32 Å². The molecule has 0 radical (unpaired) electrons. The minimum atomic E-state index is -3.06. The first-order valence-corrected chi connectivity index (χ1v) is 10.1. The van der Waals surface area contributed by atoms with Crippen LogP contribution in [0.5, 0.6) is 0 Å². The number of esters is 1. The largest absolute Gasteiger partial charge is 0.465 e. The molecule has 1 saturated carbocycles. The molecule has 1 aliphatic heterocycles. The van der Waals surface area contributed by atoms with Crippen LogP contribution in [0.4, 0.5) is 5.69 Å². The molecular weight excluding hydrogens is 360 g/mol. The highest BCUT2D eigenvalue weighted by molar-refractivity contribution is 7.91. The first-order chi connectivity index (χ1) is 12.3. The fourth-order valence-corrected chi connectivity index (χ4v) is 4.71. The third-order valence-corrected chi connectivity index (χ3v) is 6.38. The zero-order chi connectivity index (χ0) is 18.9. The van der Waals surface area contributed by atoms with Gasteiger partial charge in [0.25, 0.3) is 0 Å². The molecule has 9 heteroatoms. The zero-order valence-electron chi connectivity index (χ0n) is 14.2. The van der Waals surface area contributed by atoms with E-state index in [0.717, 1.165) is 0 Å². The van der Waals surface area contributed by atoms with Gasteiger partial charge in [0, 0.05) is 11.7 Å². The Hall–Kier alpha value is -2.42. The van der Waals surface area contributed by atoms with Crippen LogP contribution in [-0.2, 0) is 24.2 Å². The number of carbonyl (C=O) groups excluding carboxylic acids is 3. The van der Waals surface area contributed by atoms with Crippen molar-refractivity contribution in [3.05, 3.63) is 29.8 Å². The quantitative estimate of drug-likeness (QED) is 0.712. The molecule has 2 N–H and O–H groups in total. The van der Waals surface area contributed by atoms with Gasteiger partial charge in [-0.25, -0.2) is 13.2 Å². The summed E-state index contributed by atoms with van der Waals surface area (Å²) in [6.45, 7) is 0. The number of hydrogen-bond acceptors (Lipinski definition) is 6. The Labute approximate surface area is 151 Å². The smallest absolute Gasteiger partial charge is 0.337 e. The van der Waals surface area contributed by atoms with Crippen LogP contribution in [-0.4, -0.2) is 50.9 Å². The second kappa shape index (κ2) is 7.06. The van der Waals surface area contributed by atoms with Crippen LogP contribution in [0.2, 0.25) is 0 Å². The monoisotopic (exact) mass is 380 g/mol. The molecule has 3 rings (SSSR count). The minimum Gasteiger partial charge on any atom is -0.465 e. The Morgan fingerprint density at radius 2 is 1.73 bits per heavy atom. The van der Waals surface area contributed by atoms with Gasteiger partial charge in [-0.1, -0.05) is 0 Å². The van der Waals surface area contributed by atoms with E-state index in [1.807, 2.05) is 0 Å². The molecule has 0 aromatic heterocycles. The Kier molecular flexibility index (Phi) is 4.99. The summed E-state index contributed by atoms with van der Waals surface area (Å²) in [6, 6.07) is 5.90. The topological polar surface area (TPSA) is 119 Å². The van der Waals surface area contributed by atoms with Crippen molar-refractivity contribution in [2.45, 2.75) is 18.9 Å². The fourth-order valence-electron chi connectivity index (χ4n) is 3.03. The highest BCUT2D eigenvalue weighted by Crippen LogP contribution is 2.39. The summed E-state index contributed by atoms with van der Waals surface area (Å²) in [5.74, 6) is -1.79. The standard InChI is InChI=1S/C17H20N2O6S/c1-25-17(22)10-2-4-11(5-3-10)18-15(20)13-8-14(13)16(21)19-12-6-7-26(23,24)9-12/h2-5,12-14H,6-9H2,1H3,(H,18,20)(H,19,21). The lowest BCUT2D eigenvalue weighted by atomic mass is 10.2. The molecule has 0 spiro atoms. The second-order valence-electron chi connectivity index (χ2n) is 6.62. The highest BCUT2D eigenvalue weighted by atomic mass is 32.2. The van der Waals surface area contributed by atoms with Crippen molar-refractivity contribution >= 4 is 33.3 Å². The molecule has 3 unspecified atom stereocenters. The molecule has 1 heterocycles. The first kappa shape index (κ1) is 18.4. The van der Waals surface area contributed by atoms with Crippen LogP contribution in [0.3, 0.4) is 0 Å². The van der Waals surface area contributed by atoms with Crippen molar-refractivity contribution in [3.8, 4) is 0 Å². The zero-order valence-corrected chi connectivity index (χ0v) is 15.0. The van der Waals surface area contributed by atoms with E-state index in [0.29, 0.717) is 24.1 Å². The molecule has 1 aromatic carbocycles. The van der Waals surface area contributed by atoms with Crippen LogP contribution in [0.1, 0.15) is 23.2 Å². The third-order valence-electron chi connectivity index (χ3n) is 4.62. The molecule has 2 fully saturated rings. The summed E-state index contributed by atoms with van der Waals surface area (Å²) in [7, 11) is -1.77. The number of hydrogen-bond donors (Lipinski definition) is 2. The Morgan fingerprint density at radius 1 is 1.08 bits per heavy atom. The number of anilines is 1. The molecule has 2 amide bonds. The van der Waals surface area contributed by atoms with Crippen LogP contribution < -0.4 is 10.6 Å². The summed E-state index contributed by atoms with van der Waals surface area (Å²) in [4.78, 5) is 35.8. The van der Waals surface area contributed by atoms with Crippen LogP contribution >= 0.6 is 0 Å². The normalized spacial score (nSPS) is 26.0. The molecular formula is C17H20N2O6S. The maximum Gasteiger partial charge on any atom is 0.337 e. The Balaban J connectivity index is 1.49. The molecule has 0 bridgehead atoms. The second-order valence-corrected chi connectivity index (χ2v) is 8.84. The third kappa shape index (κ3) is 4.21. The lowest BCUT2D eigenvalue weighted by Gasteiger charge is -2.10. The van der Waals surface area contributed by atoms with Gasteiger partial charge >= 0.3 is 5.97 Å². The van der Waals surface area contributed by atoms with E-state index in [2.05, 4.69) is 15.4 Å². The van der Waals surface area contributed by atoms with E-state index < -0.39 is 27.6 Å². The van der Waals surface area contributed by atoms with Crippen molar-refractivity contribution in [1.29, 1.82) is 0 Å². The molecule has 1 aromatic rings.